The molecule has 0 unspecified atom stereocenters. The number of hydrogen-bond donors (Lipinski definition) is 0. The van der Waals surface area contributed by atoms with Gasteiger partial charge in [0.2, 0.25) is 0 Å². The van der Waals surface area contributed by atoms with Crippen molar-refractivity contribution >= 4 is 6.21 Å². The molecule has 1 aliphatic rings. The summed E-state index contributed by atoms with van der Waals surface area (Å²) in [5.41, 5.74) is -0.973. The first-order valence-electron chi connectivity index (χ1n) is 2.24. The fourth-order valence-electron chi connectivity index (χ4n) is 0.347. The molecule has 0 fully saturated rings. The molecule has 10 heavy (non-hydrogen) atoms. The minimum Gasteiger partial charge on any atom is -0.275 e. The lowest BCUT2D eigenvalue weighted by Gasteiger charge is -2.07. The molecule has 56 valence electrons. The largest absolute Gasteiger partial charge is 0.421 e. The number of alkyl halides is 3. The van der Waals surface area contributed by atoms with Crippen molar-refractivity contribution < 1.29 is 23.0 Å². The van der Waals surface area contributed by atoms with E-state index in [-0.39, 0.29) is 0 Å². The van der Waals surface area contributed by atoms with E-state index in [0.717, 1.165) is 0 Å². The summed E-state index contributed by atoms with van der Waals surface area (Å²) in [6.45, 7) is 0. The predicted octanol–water partition coefficient (Wildman–Crippen LogP) is 1.38. The van der Waals surface area contributed by atoms with Gasteiger partial charge in [0, 0.05) is 0 Å². The third-order valence-corrected chi connectivity index (χ3v) is 0.780. The van der Waals surface area contributed by atoms with E-state index in [1.165, 1.54) is 0 Å². The molecule has 0 N–H and O–H groups in total. The maximum atomic E-state index is 11.6. The van der Waals surface area contributed by atoms with Gasteiger partial charge < -0.3 is 0 Å². The van der Waals surface area contributed by atoms with Gasteiger partial charge in [0.1, 0.15) is 5.57 Å². The molecule has 0 saturated heterocycles. The van der Waals surface area contributed by atoms with Gasteiger partial charge in [0.05, 0.1) is 6.21 Å². The molecular formula is C4H2F3NO2. The quantitative estimate of drug-likeness (QED) is 0.492. The fourth-order valence-corrected chi connectivity index (χ4v) is 0.347. The van der Waals surface area contributed by atoms with Gasteiger partial charge in [-0.1, -0.05) is 0 Å². The van der Waals surface area contributed by atoms with Crippen LogP contribution < -0.4 is 0 Å². The molecule has 0 aromatic carbocycles. The zero-order valence-electron chi connectivity index (χ0n) is 4.55. The van der Waals surface area contributed by atoms with E-state index in [0.29, 0.717) is 12.5 Å². The smallest absolute Gasteiger partial charge is 0.275 e. The standard InChI is InChI=1S/C4H2F3NO2/c5-4(6,7)3-1-8-10-9-2-3/h1-2H. The Labute approximate surface area is 53.6 Å². The number of hydrogen-bond acceptors (Lipinski definition) is 3. The van der Waals surface area contributed by atoms with Crippen LogP contribution in [0.25, 0.3) is 0 Å². The van der Waals surface area contributed by atoms with Crippen molar-refractivity contribution in [2.75, 3.05) is 0 Å². The third-order valence-electron chi connectivity index (χ3n) is 0.780. The van der Waals surface area contributed by atoms with Crippen molar-refractivity contribution in [2.45, 2.75) is 6.18 Å². The topological polar surface area (TPSA) is 30.8 Å². The van der Waals surface area contributed by atoms with Gasteiger partial charge in [-0.15, -0.1) is 0 Å². The molecule has 0 amide bonds. The Hall–Kier alpha value is -1.20. The molecular weight excluding hydrogens is 151 g/mol. The molecule has 0 saturated carbocycles. The Bertz CT molecular complexity index is 183. The normalized spacial score (nSPS) is 17.3. The average Bonchev–Trinajstić information content (AvgIpc) is 1.88. The Morgan fingerprint density at radius 2 is 2.10 bits per heavy atom. The van der Waals surface area contributed by atoms with E-state index in [1.54, 1.807) is 0 Å². The van der Waals surface area contributed by atoms with Crippen LogP contribution in [0.1, 0.15) is 0 Å². The van der Waals surface area contributed by atoms with E-state index in [9.17, 15) is 13.2 Å². The minimum atomic E-state index is -4.42. The minimum absolute atomic E-state index is 0.437. The first-order chi connectivity index (χ1) is 4.61. The second-order valence-corrected chi connectivity index (χ2v) is 1.48. The average molecular weight is 153 g/mol. The first kappa shape index (κ1) is 6.91. The highest BCUT2D eigenvalue weighted by molar-refractivity contribution is 5.79. The highest BCUT2D eigenvalue weighted by atomic mass is 19.4. The van der Waals surface area contributed by atoms with Gasteiger partial charge in [-0.3, -0.25) is 4.89 Å². The predicted molar refractivity (Wildman–Crippen MR) is 24.8 cm³/mol. The van der Waals surface area contributed by atoms with Crippen molar-refractivity contribution in [2.24, 2.45) is 5.16 Å². The van der Waals surface area contributed by atoms with E-state index in [4.69, 9.17) is 0 Å². The number of nitrogens with zero attached hydrogens (tertiary/aromatic N) is 1. The number of oxime groups is 1. The highest BCUT2D eigenvalue weighted by Crippen LogP contribution is 2.25. The van der Waals surface area contributed by atoms with Crippen LogP contribution in [0.2, 0.25) is 0 Å². The van der Waals surface area contributed by atoms with Crippen molar-refractivity contribution in [3.63, 3.8) is 0 Å². The summed E-state index contributed by atoms with van der Waals surface area (Å²) >= 11 is 0. The lowest BCUT2D eigenvalue weighted by Crippen LogP contribution is -2.15. The molecule has 3 nitrogen and oxygen atoms in total. The molecule has 0 atom stereocenters. The summed E-state index contributed by atoms with van der Waals surface area (Å²) in [5.74, 6) is 0. The molecule has 1 heterocycles. The number of halogens is 3. The maximum absolute atomic E-state index is 11.6. The lowest BCUT2D eigenvalue weighted by atomic mass is 10.3. The van der Waals surface area contributed by atoms with Gasteiger partial charge in [-0.2, -0.15) is 18.2 Å². The van der Waals surface area contributed by atoms with Crippen LogP contribution in [0.15, 0.2) is 17.0 Å². The summed E-state index contributed by atoms with van der Waals surface area (Å²) in [6.07, 6.45) is -3.45. The molecule has 1 rings (SSSR count). The molecule has 0 aliphatic carbocycles. The van der Waals surface area contributed by atoms with E-state index in [1.807, 2.05) is 0 Å². The zero-order valence-corrected chi connectivity index (χ0v) is 4.55. The Kier molecular flexibility index (Phi) is 1.52. The fraction of sp³-hybridized carbons (Fsp3) is 0.250. The van der Waals surface area contributed by atoms with Gasteiger partial charge in [0.25, 0.3) is 0 Å². The van der Waals surface area contributed by atoms with Crippen molar-refractivity contribution in [1.29, 1.82) is 0 Å². The summed E-state index contributed by atoms with van der Waals surface area (Å²) in [5, 5.41) is 2.79. The SMILES string of the molecule is FC(F)(F)C1=COON=C1. The van der Waals surface area contributed by atoms with Gasteiger partial charge in [-0.25, -0.2) is 0 Å². The summed E-state index contributed by atoms with van der Waals surface area (Å²) in [7, 11) is 0. The summed E-state index contributed by atoms with van der Waals surface area (Å²) in [6, 6.07) is 0. The zero-order chi connectivity index (χ0) is 7.61. The lowest BCUT2D eigenvalue weighted by molar-refractivity contribution is -0.255. The molecule has 0 aromatic rings. The maximum Gasteiger partial charge on any atom is 0.421 e. The van der Waals surface area contributed by atoms with Gasteiger partial charge in [0.15, 0.2) is 6.26 Å². The van der Waals surface area contributed by atoms with Gasteiger partial charge >= 0.3 is 6.18 Å². The molecule has 6 heteroatoms. The van der Waals surface area contributed by atoms with Crippen molar-refractivity contribution in [3.05, 3.63) is 11.8 Å². The molecule has 0 aromatic heterocycles. The van der Waals surface area contributed by atoms with Crippen molar-refractivity contribution in [3.8, 4) is 0 Å². The summed E-state index contributed by atoms with van der Waals surface area (Å²) in [4.78, 5) is 7.62. The second-order valence-electron chi connectivity index (χ2n) is 1.48. The van der Waals surface area contributed by atoms with Crippen LogP contribution in [0, 0.1) is 0 Å². The number of allylic oxidation sites excluding steroid dienone is 1. The van der Waals surface area contributed by atoms with Gasteiger partial charge in [-0.05, 0) is 5.16 Å². The third kappa shape index (κ3) is 1.40. The van der Waals surface area contributed by atoms with Crippen LogP contribution in [0.3, 0.4) is 0 Å². The van der Waals surface area contributed by atoms with E-state index in [2.05, 4.69) is 15.0 Å². The molecule has 0 spiro atoms. The van der Waals surface area contributed by atoms with Crippen LogP contribution in [-0.2, 0) is 9.88 Å². The van der Waals surface area contributed by atoms with E-state index >= 15 is 0 Å². The highest BCUT2D eigenvalue weighted by Gasteiger charge is 2.34. The second kappa shape index (κ2) is 2.20. The Morgan fingerprint density at radius 3 is 2.40 bits per heavy atom. The van der Waals surface area contributed by atoms with E-state index < -0.39 is 11.7 Å². The molecule has 0 bridgehead atoms. The molecule has 1 aliphatic heterocycles. The van der Waals surface area contributed by atoms with Crippen LogP contribution in [-0.4, -0.2) is 12.4 Å². The Balaban J connectivity index is 2.73. The Morgan fingerprint density at radius 1 is 1.40 bits per heavy atom. The monoisotopic (exact) mass is 153 g/mol. The van der Waals surface area contributed by atoms with Crippen LogP contribution >= 0.6 is 0 Å². The van der Waals surface area contributed by atoms with Crippen molar-refractivity contribution in [1.82, 2.24) is 0 Å². The summed E-state index contributed by atoms with van der Waals surface area (Å²) < 4.78 is 34.9. The first-order valence-corrected chi connectivity index (χ1v) is 2.24. The van der Waals surface area contributed by atoms with Crippen LogP contribution in [0.4, 0.5) is 13.2 Å². The molecule has 0 radical (unpaired) electrons. The van der Waals surface area contributed by atoms with Crippen LogP contribution in [0.5, 0.6) is 0 Å². The number of rotatable bonds is 0.